The molecule has 0 saturated heterocycles. The number of rotatable bonds is 6. The molecule has 0 bridgehead atoms. The van der Waals surface area contributed by atoms with Crippen LogP contribution in [-0.4, -0.2) is 0 Å². The van der Waals surface area contributed by atoms with E-state index in [1.165, 1.54) is 5.30 Å². The quantitative estimate of drug-likeness (QED) is 0.270. The zero-order valence-electron chi connectivity index (χ0n) is 19.0. The predicted octanol–water partition coefficient (Wildman–Crippen LogP) is 7.44. The molecule has 0 N–H and O–H groups in total. The van der Waals surface area contributed by atoms with Crippen LogP contribution in [0.2, 0.25) is 0 Å². The molecule has 4 aromatic rings. The number of phosphoric acid groups is 1. The van der Waals surface area contributed by atoms with Crippen LogP contribution in [0.15, 0.2) is 103 Å². The Bertz CT molecular complexity index is 1050. The molecule has 0 heterocycles. The van der Waals surface area contributed by atoms with E-state index in [-0.39, 0.29) is 0 Å². The van der Waals surface area contributed by atoms with Gasteiger partial charge in [0.15, 0.2) is 0 Å². The van der Waals surface area contributed by atoms with Crippen LogP contribution in [0.3, 0.4) is 0 Å². The van der Waals surface area contributed by atoms with Crippen molar-refractivity contribution in [2.24, 2.45) is 0 Å². The van der Waals surface area contributed by atoms with Crippen molar-refractivity contribution in [3.63, 3.8) is 0 Å². The second kappa shape index (κ2) is 11.7. The summed E-state index contributed by atoms with van der Waals surface area (Å²) in [4.78, 5) is 0. The van der Waals surface area contributed by atoms with Crippen molar-refractivity contribution in [1.82, 2.24) is 0 Å². The van der Waals surface area contributed by atoms with Gasteiger partial charge in [-0.25, -0.2) is 0 Å². The van der Waals surface area contributed by atoms with Crippen LogP contribution in [0, 0.1) is 20.8 Å². The van der Waals surface area contributed by atoms with Crippen LogP contribution in [0.25, 0.3) is 0 Å². The van der Waals surface area contributed by atoms with Gasteiger partial charge in [-0.3, -0.25) is 0 Å². The van der Waals surface area contributed by atoms with E-state index < -0.39 is 7.82 Å². The van der Waals surface area contributed by atoms with Crippen molar-refractivity contribution in [3.05, 3.63) is 120 Å². The Kier molecular flexibility index (Phi) is 8.72. The van der Waals surface area contributed by atoms with Gasteiger partial charge in [-0.2, -0.15) is 4.57 Å². The molecule has 0 saturated carbocycles. The molecule has 1 atom stereocenters. The molecule has 4 rings (SSSR count). The molecule has 1 unspecified atom stereocenters. The number of aryl methyl sites for hydroxylation is 3. The molecule has 0 aromatic heterocycles. The Morgan fingerprint density at radius 1 is 0.515 bits per heavy atom. The van der Waals surface area contributed by atoms with Gasteiger partial charge in [-0.15, -0.1) is 9.24 Å². The summed E-state index contributed by atoms with van der Waals surface area (Å²) in [5, 5.41) is 1.24. The van der Waals surface area contributed by atoms with Crippen LogP contribution in [-0.2, 0) is 4.57 Å². The second-order valence-electron chi connectivity index (χ2n) is 7.57. The summed E-state index contributed by atoms with van der Waals surface area (Å²) in [7, 11) is -1.30. The Morgan fingerprint density at radius 3 is 1.06 bits per heavy atom. The highest BCUT2D eigenvalue weighted by Crippen LogP contribution is 2.49. The molecule has 33 heavy (non-hydrogen) atoms. The molecule has 0 aliphatic heterocycles. The zero-order valence-corrected chi connectivity index (χ0v) is 21.0. The predicted molar refractivity (Wildman–Crippen MR) is 139 cm³/mol. The smallest absolute Gasteiger partial charge is 0.386 e. The van der Waals surface area contributed by atoms with Crippen molar-refractivity contribution in [2.45, 2.75) is 20.8 Å². The number of hydrogen-bond acceptors (Lipinski definition) is 4. The second-order valence-corrected chi connectivity index (χ2v) is 9.68. The zero-order chi connectivity index (χ0) is 23.7. The number of hydrogen-bond donors (Lipinski definition) is 0. The first-order chi connectivity index (χ1) is 15.8. The molecule has 170 valence electrons. The minimum absolute atomic E-state index is 0.415. The van der Waals surface area contributed by atoms with Crippen molar-refractivity contribution in [3.8, 4) is 17.2 Å². The van der Waals surface area contributed by atoms with Crippen molar-refractivity contribution in [2.75, 3.05) is 0 Å². The van der Waals surface area contributed by atoms with Crippen LogP contribution in [0.4, 0.5) is 0 Å². The maximum atomic E-state index is 13.3. The first-order valence-electron chi connectivity index (χ1n) is 10.5. The molecule has 0 aliphatic rings. The van der Waals surface area contributed by atoms with E-state index in [9.17, 15) is 4.57 Å². The van der Waals surface area contributed by atoms with Gasteiger partial charge in [-0.1, -0.05) is 83.4 Å². The van der Waals surface area contributed by atoms with E-state index in [2.05, 4.69) is 9.24 Å². The summed E-state index contributed by atoms with van der Waals surface area (Å²) in [6.07, 6.45) is 0. The lowest BCUT2D eigenvalue weighted by Crippen LogP contribution is -2.07. The van der Waals surface area contributed by atoms with Gasteiger partial charge < -0.3 is 13.6 Å². The highest BCUT2D eigenvalue weighted by Gasteiger charge is 2.33. The molecular weight excluding hydrogens is 450 g/mol. The van der Waals surface area contributed by atoms with Gasteiger partial charge in [0.2, 0.25) is 0 Å². The lowest BCUT2D eigenvalue weighted by atomic mass is 10.2. The van der Waals surface area contributed by atoms with Crippen LogP contribution in [0.1, 0.15) is 16.7 Å². The van der Waals surface area contributed by atoms with Gasteiger partial charge in [0, 0.05) is 0 Å². The summed E-state index contributed by atoms with van der Waals surface area (Å²) < 4.78 is 30.2. The molecule has 0 radical (unpaired) electrons. The summed E-state index contributed by atoms with van der Waals surface area (Å²) in [6, 6.07) is 31.8. The first kappa shape index (κ1) is 24.6. The molecule has 0 amide bonds. The van der Waals surface area contributed by atoms with E-state index in [1.54, 1.807) is 36.4 Å². The minimum Gasteiger partial charge on any atom is -0.386 e. The lowest BCUT2D eigenvalue weighted by Gasteiger charge is -2.19. The summed E-state index contributed by atoms with van der Waals surface area (Å²) in [5.74, 6) is 1.24. The fourth-order valence-corrected chi connectivity index (χ4v) is 4.17. The third kappa shape index (κ3) is 8.42. The largest absolute Gasteiger partial charge is 0.647 e. The highest BCUT2D eigenvalue weighted by molar-refractivity contribution is 7.49. The van der Waals surface area contributed by atoms with Gasteiger partial charge in [0.05, 0.1) is 0 Å². The standard InChI is InChI=1S/C21H21O4P.C6H7P/c1-16-4-10-19(11-5-16)23-26(22,24-20-12-6-17(2)7-13-20)25-21-14-8-18(3)9-15-21;7-6-4-2-1-3-5-6/h4-15H,1-3H3;1-5H,7H2. The van der Waals surface area contributed by atoms with Crippen LogP contribution >= 0.6 is 17.1 Å². The van der Waals surface area contributed by atoms with E-state index in [0.717, 1.165) is 16.7 Å². The summed E-state index contributed by atoms with van der Waals surface area (Å²) >= 11 is 0. The third-order valence-electron chi connectivity index (χ3n) is 4.51. The molecule has 0 fully saturated rings. The minimum atomic E-state index is -3.93. The SMILES string of the molecule is Cc1ccc(OP(=O)(Oc2ccc(C)cc2)Oc2ccc(C)cc2)cc1.Pc1ccccc1. The average Bonchev–Trinajstić information content (AvgIpc) is 2.80. The Labute approximate surface area is 198 Å². The maximum Gasteiger partial charge on any atom is 0.647 e. The Hall–Kier alpha value is -3.06. The van der Waals surface area contributed by atoms with Gasteiger partial charge in [0.1, 0.15) is 17.2 Å². The van der Waals surface area contributed by atoms with Crippen LogP contribution in [0.5, 0.6) is 17.2 Å². The molecule has 0 spiro atoms. The molecule has 4 nitrogen and oxygen atoms in total. The monoisotopic (exact) mass is 478 g/mol. The Balaban J connectivity index is 0.000000374. The first-order valence-corrected chi connectivity index (χ1v) is 12.5. The number of phosphoric ester groups is 1. The normalized spacial score (nSPS) is 10.5. The maximum absolute atomic E-state index is 13.3. The van der Waals surface area contributed by atoms with Crippen molar-refractivity contribution in [1.29, 1.82) is 0 Å². The third-order valence-corrected chi connectivity index (χ3v) is 6.20. The number of benzene rings is 4. The molecule has 4 aromatic carbocycles. The van der Waals surface area contributed by atoms with Crippen molar-refractivity contribution < 1.29 is 18.1 Å². The van der Waals surface area contributed by atoms with E-state index in [4.69, 9.17) is 13.6 Å². The van der Waals surface area contributed by atoms with E-state index >= 15 is 0 Å². The van der Waals surface area contributed by atoms with Crippen molar-refractivity contribution >= 4 is 22.4 Å². The van der Waals surface area contributed by atoms with E-state index in [0.29, 0.717) is 17.2 Å². The summed E-state index contributed by atoms with van der Waals surface area (Å²) in [5.41, 5.74) is 3.23. The Morgan fingerprint density at radius 2 is 0.818 bits per heavy atom. The van der Waals surface area contributed by atoms with Gasteiger partial charge in [-0.05, 0) is 62.5 Å². The summed E-state index contributed by atoms with van der Waals surface area (Å²) in [6.45, 7) is 5.90. The van der Waals surface area contributed by atoms with E-state index in [1.807, 2.05) is 87.5 Å². The fraction of sp³-hybridized carbons (Fsp3) is 0.111. The topological polar surface area (TPSA) is 44.8 Å². The highest BCUT2D eigenvalue weighted by atomic mass is 31.2. The van der Waals surface area contributed by atoms with Gasteiger partial charge in [0.25, 0.3) is 0 Å². The molecule has 0 aliphatic carbocycles. The average molecular weight is 478 g/mol. The van der Waals surface area contributed by atoms with Crippen LogP contribution < -0.4 is 18.9 Å². The molecular formula is C27H28O4P2. The lowest BCUT2D eigenvalue weighted by molar-refractivity contribution is 0.298. The molecule has 6 heteroatoms. The fourth-order valence-electron chi connectivity index (χ4n) is 2.69. The van der Waals surface area contributed by atoms with Gasteiger partial charge >= 0.3 is 7.82 Å².